The van der Waals surface area contributed by atoms with Crippen molar-refractivity contribution in [1.29, 1.82) is 0 Å². The number of benzene rings is 2. The van der Waals surface area contributed by atoms with Crippen LogP contribution >= 0.6 is 11.8 Å². The van der Waals surface area contributed by atoms with Crippen LogP contribution in [0.4, 0.5) is 4.39 Å². The first-order valence-electron chi connectivity index (χ1n) is 9.69. The van der Waals surface area contributed by atoms with Crippen molar-refractivity contribution in [3.05, 3.63) is 59.4 Å². The Bertz CT molecular complexity index is 1210. The fraction of sp³-hybridized carbons (Fsp3) is 0.350. The van der Waals surface area contributed by atoms with E-state index >= 15 is 0 Å². The summed E-state index contributed by atoms with van der Waals surface area (Å²) in [6.45, 7) is 0. The number of sulfonamides is 1. The lowest BCUT2D eigenvalue weighted by Gasteiger charge is -2.26. The van der Waals surface area contributed by atoms with Gasteiger partial charge in [-0.25, -0.2) is 25.9 Å². The highest BCUT2D eigenvalue weighted by Gasteiger charge is 2.31. The highest BCUT2D eigenvalue weighted by atomic mass is 32.2. The van der Waals surface area contributed by atoms with Gasteiger partial charge < -0.3 is 5.32 Å². The lowest BCUT2D eigenvalue weighted by atomic mass is 10.0. The molecular formula is C20H21FN2O5S3. The molecule has 2 N–H and O–H groups in total. The molecule has 1 amide bonds. The van der Waals surface area contributed by atoms with Gasteiger partial charge in [-0.3, -0.25) is 4.79 Å². The summed E-state index contributed by atoms with van der Waals surface area (Å²) in [5, 5.41) is 2.89. The third-order valence-corrected chi connectivity index (χ3v) is 9.78. The average Bonchev–Trinajstić information content (AvgIpc) is 3.06. The fourth-order valence-electron chi connectivity index (χ4n) is 3.74. The quantitative estimate of drug-likeness (QED) is 0.674. The standard InChI is InChI=1S/C20H21FN2O5S3/c21-17-3-1-2-16-18(8-10-29-19(16)17)22-20(24)13-4-6-15(7-5-13)31(27,28)23-14-9-11-30(25,26)12-14/h1-7,14,18,23H,8-12H2,(H,22,24)/t14-,18-/m0/s1. The third kappa shape index (κ3) is 4.94. The molecule has 2 heterocycles. The van der Waals surface area contributed by atoms with Gasteiger partial charge in [0.05, 0.1) is 22.4 Å². The van der Waals surface area contributed by atoms with E-state index in [9.17, 15) is 26.0 Å². The van der Waals surface area contributed by atoms with E-state index in [1.54, 1.807) is 12.1 Å². The van der Waals surface area contributed by atoms with Crippen molar-refractivity contribution in [2.45, 2.75) is 34.7 Å². The summed E-state index contributed by atoms with van der Waals surface area (Å²) in [6.07, 6.45) is 0.900. The number of nitrogens with one attached hydrogen (secondary N) is 2. The van der Waals surface area contributed by atoms with Crippen LogP contribution in [0.15, 0.2) is 52.3 Å². The van der Waals surface area contributed by atoms with Crippen LogP contribution in [-0.4, -0.2) is 46.0 Å². The van der Waals surface area contributed by atoms with E-state index in [0.29, 0.717) is 17.1 Å². The minimum absolute atomic E-state index is 0.0357. The number of hydrogen-bond donors (Lipinski definition) is 2. The van der Waals surface area contributed by atoms with Gasteiger partial charge in [0.15, 0.2) is 9.84 Å². The van der Waals surface area contributed by atoms with Crippen molar-refractivity contribution < 1.29 is 26.0 Å². The average molecular weight is 485 g/mol. The van der Waals surface area contributed by atoms with Gasteiger partial charge in [0.2, 0.25) is 10.0 Å². The van der Waals surface area contributed by atoms with Crippen molar-refractivity contribution in [3.8, 4) is 0 Å². The van der Waals surface area contributed by atoms with Crippen molar-refractivity contribution >= 4 is 37.5 Å². The van der Waals surface area contributed by atoms with Crippen LogP contribution in [0, 0.1) is 5.82 Å². The molecule has 2 atom stereocenters. The molecule has 31 heavy (non-hydrogen) atoms. The van der Waals surface area contributed by atoms with Crippen LogP contribution < -0.4 is 10.0 Å². The number of fused-ring (bicyclic) bond motifs is 1. The second-order valence-electron chi connectivity index (χ2n) is 7.57. The molecule has 1 fully saturated rings. The maximum Gasteiger partial charge on any atom is 0.251 e. The first-order valence-corrected chi connectivity index (χ1v) is 14.0. The number of hydrogen-bond acceptors (Lipinski definition) is 6. The molecule has 2 aliphatic heterocycles. The summed E-state index contributed by atoms with van der Waals surface area (Å²) >= 11 is 1.42. The lowest BCUT2D eigenvalue weighted by Crippen LogP contribution is -2.35. The number of rotatable bonds is 5. The molecular weight excluding hydrogens is 463 g/mol. The van der Waals surface area contributed by atoms with Crippen molar-refractivity contribution in [2.24, 2.45) is 0 Å². The maximum absolute atomic E-state index is 14.0. The maximum atomic E-state index is 14.0. The molecule has 0 saturated carbocycles. The molecule has 0 radical (unpaired) electrons. The van der Waals surface area contributed by atoms with Crippen LogP contribution in [0.1, 0.15) is 34.8 Å². The molecule has 0 unspecified atom stereocenters. The van der Waals surface area contributed by atoms with Gasteiger partial charge in [0.25, 0.3) is 5.91 Å². The molecule has 11 heteroatoms. The lowest BCUT2D eigenvalue weighted by molar-refractivity contribution is 0.0934. The van der Waals surface area contributed by atoms with Crippen molar-refractivity contribution in [1.82, 2.24) is 10.0 Å². The number of halogens is 1. The SMILES string of the molecule is O=C(N[C@H]1CCSc2c(F)cccc21)c1ccc(S(=O)(=O)N[C@H]2CCS(=O)(=O)C2)cc1. The summed E-state index contributed by atoms with van der Waals surface area (Å²) in [5.74, 6) is -0.261. The van der Waals surface area contributed by atoms with E-state index in [1.807, 2.05) is 0 Å². The fourth-order valence-corrected chi connectivity index (χ4v) is 7.93. The summed E-state index contributed by atoms with van der Waals surface area (Å²) in [5.41, 5.74) is 1.01. The van der Waals surface area contributed by atoms with Gasteiger partial charge in [-0.1, -0.05) is 12.1 Å². The molecule has 7 nitrogen and oxygen atoms in total. The highest BCUT2D eigenvalue weighted by Crippen LogP contribution is 2.37. The Balaban J connectivity index is 1.45. The van der Waals surface area contributed by atoms with Crippen LogP contribution in [0.2, 0.25) is 0 Å². The predicted octanol–water partition coefficient (Wildman–Crippen LogP) is 2.26. The Hall–Kier alpha value is -1.95. The number of amides is 1. The zero-order valence-electron chi connectivity index (χ0n) is 16.4. The summed E-state index contributed by atoms with van der Waals surface area (Å²) < 4.78 is 64.6. The van der Waals surface area contributed by atoms with E-state index in [4.69, 9.17) is 0 Å². The number of thioether (sulfide) groups is 1. The van der Waals surface area contributed by atoms with Gasteiger partial charge in [-0.15, -0.1) is 11.8 Å². The molecule has 0 aliphatic carbocycles. The van der Waals surface area contributed by atoms with E-state index in [-0.39, 0.29) is 46.2 Å². The number of carbonyl (C=O) groups excluding carboxylic acids is 1. The Morgan fingerprint density at radius 3 is 2.52 bits per heavy atom. The van der Waals surface area contributed by atoms with E-state index in [1.165, 1.54) is 42.1 Å². The van der Waals surface area contributed by atoms with Gasteiger partial charge in [-0.2, -0.15) is 0 Å². The second-order valence-corrected chi connectivity index (χ2v) is 12.6. The van der Waals surface area contributed by atoms with E-state index in [2.05, 4.69) is 10.0 Å². The normalized spacial score (nSPS) is 22.6. The van der Waals surface area contributed by atoms with Crippen LogP contribution in [0.25, 0.3) is 0 Å². The Labute approximate surface area is 184 Å². The molecule has 1 saturated heterocycles. The topological polar surface area (TPSA) is 109 Å². The summed E-state index contributed by atoms with van der Waals surface area (Å²) in [4.78, 5) is 13.2. The van der Waals surface area contributed by atoms with Crippen LogP contribution in [0.5, 0.6) is 0 Å². The Kier molecular flexibility index (Phi) is 6.12. The largest absolute Gasteiger partial charge is 0.345 e. The van der Waals surface area contributed by atoms with E-state index in [0.717, 1.165) is 5.56 Å². The smallest absolute Gasteiger partial charge is 0.251 e. The van der Waals surface area contributed by atoms with Gasteiger partial charge >= 0.3 is 0 Å². The monoisotopic (exact) mass is 484 g/mol. The molecule has 2 aromatic rings. The van der Waals surface area contributed by atoms with Crippen molar-refractivity contribution in [2.75, 3.05) is 17.3 Å². The zero-order valence-corrected chi connectivity index (χ0v) is 18.8. The van der Waals surface area contributed by atoms with Crippen LogP contribution in [0.3, 0.4) is 0 Å². The number of sulfone groups is 1. The first kappa shape index (κ1) is 22.3. The number of carbonyl (C=O) groups is 1. The zero-order chi connectivity index (χ0) is 22.2. The summed E-state index contributed by atoms with van der Waals surface area (Å²) in [7, 11) is -7.11. The molecule has 2 aliphatic rings. The minimum Gasteiger partial charge on any atom is -0.345 e. The van der Waals surface area contributed by atoms with E-state index < -0.39 is 25.9 Å². The first-order chi connectivity index (χ1) is 14.6. The molecule has 0 aromatic heterocycles. The second kappa shape index (κ2) is 8.53. The molecule has 0 bridgehead atoms. The summed E-state index contributed by atoms with van der Waals surface area (Å²) in [6, 6.07) is 9.25. The van der Waals surface area contributed by atoms with Gasteiger partial charge in [-0.05, 0) is 48.7 Å². The van der Waals surface area contributed by atoms with Gasteiger partial charge in [0, 0.05) is 22.3 Å². The molecule has 4 rings (SSSR count). The van der Waals surface area contributed by atoms with Gasteiger partial charge in [0.1, 0.15) is 5.82 Å². The third-order valence-electron chi connectivity index (χ3n) is 5.31. The molecule has 0 spiro atoms. The highest BCUT2D eigenvalue weighted by molar-refractivity contribution is 7.99. The molecule has 2 aromatic carbocycles. The minimum atomic E-state index is -3.90. The Morgan fingerprint density at radius 2 is 1.84 bits per heavy atom. The molecule has 166 valence electrons. The van der Waals surface area contributed by atoms with Crippen molar-refractivity contribution in [3.63, 3.8) is 0 Å². The predicted molar refractivity (Wildman–Crippen MR) is 116 cm³/mol. The Morgan fingerprint density at radius 1 is 1.10 bits per heavy atom. The van der Waals surface area contributed by atoms with Crippen LogP contribution in [-0.2, 0) is 19.9 Å².